The number of hydrogen-bond acceptors (Lipinski definition) is 6. The molecule has 0 radical (unpaired) electrons. The number of aromatic nitrogens is 3. The van der Waals surface area contributed by atoms with Crippen molar-refractivity contribution in [3.8, 4) is 17.3 Å². The summed E-state index contributed by atoms with van der Waals surface area (Å²) in [5, 5.41) is 2.77. The standard InChI is InChI=1S/C23H21F3N6O2/c1-34-21-27-10-9-19(29-21)30-22(33)32-16-6-3-11-31(13-16)18-8-7-17(28-20(18)32)14-4-2-5-15(12-14)23(24,25)26/h2,4-5,7-10,12,16H,3,6,11,13H2,1H3,(H,27,29,30,33). The molecule has 4 heterocycles. The van der Waals surface area contributed by atoms with Crippen molar-refractivity contribution >= 4 is 23.4 Å². The SMILES string of the molecule is COc1nccc(NC(=O)N2c3nc(-c4cccc(C(F)(F)F)c4)ccc3N3CCCC2C3)n1. The summed E-state index contributed by atoms with van der Waals surface area (Å²) in [6.45, 7) is 1.48. The Kier molecular flexibility index (Phi) is 5.46. The van der Waals surface area contributed by atoms with Gasteiger partial charge in [-0.3, -0.25) is 10.2 Å². The number of pyridine rings is 1. The highest BCUT2D eigenvalue weighted by Gasteiger charge is 2.38. The van der Waals surface area contributed by atoms with Crippen LogP contribution >= 0.6 is 0 Å². The minimum atomic E-state index is -4.46. The summed E-state index contributed by atoms with van der Waals surface area (Å²) in [5.41, 5.74) is 0.691. The first-order valence-corrected chi connectivity index (χ1v) is 10.7. The number of urea groups is 1. The number of carbonyl (C=O) groups excluding carboxylic acids is 1. The van der Waals surface area contributed by atoms with Gasteiger partial charge in [0.2, 0.25) is 0 Å². The fourth-order valence-corrected chi connectivity index (χ4v) is 4.38. The maximum Gasteiger partial charge on any atom is 0.416 e. The number of anilines is 3. The Morgan fingerprint density at radius 3 is 2.82 bits per heavy atom. The molecular weight excluding hydrogens is 449 g/mol. The number of carbonyl (C=O) groups is 1. The zero-order valence-corrected chi connectivity index (χ0v) is 18.2. The number of hydrogen-bond donors (Lipinski definition) is 1. The average molecular weight is 470 g/mol. The fraction of sp³-hybridized carbons (Fsp3) is 0.304. The Hall–Kier alpha value is -3.89. The smallest absolute Gasteiger partial charge is 0.416 e. The first-order valence-electron chi connectivity index (χ1n) is 10.7. The highest BCUT2D eigenvalue weighted by atomic mass is 19.4. The van der Waals surface area contributed by atoms with E-state index in [1.807, 2.05) is 6.07 Å². The van der Waals surface area contributed by atoms with E-state index in [0.717, 1.165) is 37.2 Å². The number of nitrogens with zero attached hydrogens (tertiary/aromatic N) is 5. The fourth-order valence-electron chi connectivity index (χ4n) is 4.38. The quantitative estimate of drug-likeness (QED) is 0.603. The van der Waals surface area contributed by atoms with E-state index in [2.05, 4.69) is 25.2 Å². The van der Waals surface area contributed by atoms with Gasteiger partial charge in [-0.2, -0.15) is 18.2 Å². The van der Waals surface area contributed by atoms with Gasteiger partial charge in [0.15, 0.2) is 5.82 Å². The number of ether oxygens (including phenoxy) is 1. The molecule has 1 N–H and O–H groups in total. The number of nitrogens with one attached hydrogen (secondary N) is 1. The van der Waals surface area contributed by atoms with Crippen LogP contribution in [0.1, 0.15) is 18.4 Å². The second-order valence-electron chi connectivity index (χ2n) is 8.09. The Morgan fingerprint density at radius 2 is 2.03 bits per heavy atom. The molecule has 1 unspecified atom stereocenters. The van der Waals surface area contributed by atoms with Crippen LogP contribution in [0.25, 0.3) is 11.3 Å². The molecule has 5 rings (SSSR count). The first-order chi connectivity index (χ1) is 16.3. The van der Waals surface area contributed by atoms with Crippen molar-refractivity contribution in [1.29, 1.82) is 0 Å². The number of halogens is 3. The molecule has 0 spiro atoms. The van der Waals surface area contributed by atoms with Crippen LogP contribution in [0.15, 0.2) is 48.7 Å². The van der Waals surface area contributed by atoms with Crippen molar-refractivity contribution in [1.82, 2.24) is 15.0 Å². The van der Waals surface area contributed by atoms with Gasteiger partial charge >= 0.3 is 18.2 Å². The van der Waals surface area contributed by atoms with Crippen LogP contribution in [0.4, 0.5) is 35.3 Å². The van der Waals surface area contributed by atoms with E-state index in [4.69, 9.17) is 4.74 Å². The molecule has 2 amide bonds. The molecular formula is C23H21F3N6O2. The van der Waals surface area contributed by atoms with E-state index in [0.29, 0.717) is 23.6 Å². The van der Waals surface area contributed by atoms with Crippen molar-refractivity contribution in [3.63, 3.8) is 0 Å². The third kappa shape index (κ3) is 4.09. The number of amides is 2. The van der Waals surface area contributed by atoms with Gasteiger partial charge in [-0.1, -0.05) is 12.1 Å². The number of alkyl halides is 3. The van der Waals surface area contributed by atoms with Crippen LogP contribution in [0.5, 0.6) is 6.01 Å². The minimum absolute atomic E-state index is 0.116. The van der Waals surface area contributed by atoms with Crippen LogP contribution < -0.4 is 19.9 Å². The van der Waals surface area contributed by atoms with Gasteiger partial charge in [0.1, 0.15) is 5.82 Å². The maximum absolute atomic E-state index is 13.4. The Labute approximate surface area is 193 Å². The number of fused-ring (bicyclic) bond motifs is 4. The molecule has 1 fully saturated rings. The second-order valence-corrected chi connectivity index (χ2v) is 8.09. The van der Waals surface area contributed by atoms with Crippen LogP contribution in [-0.2, 0) is 6.18 Å². The van der Waals surface area contributed by atoms with Crippen molar-refractivity contribution in [3.05, 3.63) is 54.2 Å². The monoisotopic (exact) mass is 470 g/mol. The molecule has 2 aromatic heterocycles. The highest BCUT2D eigenvalue weighted by Crippen LogP contribution is 2.40. The zero-order chi connectivity index (χ0) is 23.9. The third-order valence-electron chi connectivity index (χ3n) is 5.94. The lowest BCUT2D eigenvalue weighted by Crippen LogP contribution is -2.56. The molecule has 176 valence electrons. The largest absolute Gasteiger partial charge is 0.467 e. The molecule has 1 saturated heterocycles. The molecule has 34 heavy (non-hydrogen) atoms. The second kappa shape index (κ2) is 8.47. The minimum Gasteiger partial charge on any atom is -0.467 e. The third-order valence-corrected chi connectivity index (χ3v) is 5.94. The van der Waals surface area contributed by atoms with Gasteiger partial charge in [0, 0.05) is 24.8 Å². The van der Waals surface area contributed by atoms with E-state index in [-0.39, 0.29) is 17.9 Å². The van der Waals surface area contributed by atoms with E-state index >= 15 is 0 Å². The van der Waals surface area contributed by atoms with Crippen LogP contribution in [0, 0.1) is 0 Å². The summed E-state index contributed by atoms with van der Waals surface area (Å²) in [6, 6.07) is 9.62. The maximum atomic E-state index is 13.4. The van der Waals surface area contributed by atoms with E-state index in [9.17, 15) is 18.0 Å². The number of benzene rings is 1. The molecule has 0 saturated carbocycles. The normalized spacial score (nSPS) is 17.2. The molecule has 2 aliphatic rings. The van der Waals surface area contributed by atoms with E-state index in [1.165, 1.54) is 19.4 Å². The molecule has 1 atom stereocenters. The Balaban J connectivity index is 1.53. The summed E-state index contributed by atoms with van der Waals surface area (Å²) in [5.74, 6) is 0.676. The average Bonchev–Trinajstić information content (AvgIpc) is 2.83. The number of piperidine rings is 1. The summed E-state index contributed by atoms with van der Waals surface area (Å²) in [6.07, 6.45) is -1.30. The van der Waals surface area contributed by atoms with Gasteiger partial charge < -0.3 is 9.64 Å². The van der Waals surface area contributed by atoms with Crippen molar-refractivity contribution in [2.24, 2.45) is 0 Å². The topological polar surface area (TPSA) is 83.5 Å². The molecule has 8 nitrogen and oxygen atoms in total. The summed E-state index contributed by atoms with van der Waals surface area (Å²) in [4.78, 5) is 29.8. The lowest BCUT2D eigenvalue weighted by molar-refractivity contribution is -0.137. The van der Waals surface area contributed by atoms with E-state index < -0.39 is 17.8 Å². The zero-order valence-electron chi connectivity index (χ0n) is 18.2. The summed E-state index contributed by atoms with van der Waals surface area (Å²) >= 11 is 0. The van der Waals surface area contributed by atoms with Crippen molar-refractivity contribution < 1.29 is 22.7 Å². The predicted molar refractivity (Wildman–Crippen MR) is 120 cm³/mol. The molecule has 11 heteroatoms. The number of methoxy groups -OCH3 is 1. The molecule has 1 aromatic carbocycles. The highest BCUT2D eigenvalue weighted by molar-refractivity contribution is 6.04. The molecule has 2 bridgehead atoms. The number of rotatable bonds is 3. The van der Waals surface area contributed by atoms with Crippen molar-refractivity contribution in [2.75, 3.05) is 35.3 Å². The summed E-state index contributed by atoms with van der Waals surface area (Å²) < 4.78 is 44.7. The van der Waals surface area contributed by atoms with Crippen molar-refractivity contribution in [2.45, 2.75) is 25.1 Å². The molecule has 3 aromatic rings. The Bertz CT molecular complexity index is 1240. The summed E-state index contributed by atoms with van der Waals surface area (Å²) in [7, 11) is 1.43. The van der Waals surface area contributed by atoms with Gasteiger partial charge in [0.25, 0.3) is 0 Å². The Morgan fingerprint density at radius 1 is 1.18 bits per heavy atom. The van der Waals surface area contributed by atoms with Gasteiger partial charge in [-0.15, -0.1) is 0 Å². The molecule has 2 aliphatic heterocycles. The van der Waals surface area contributed by atoms with E-state index in [1.54, 1.807) is 23.1 Å². The van der Waals surface area contributed by atoms with Crippen LogP contribution in [-0.4, -0.2) is 47.2 Å². The first kappa shape index (κ1) is 21.9. The van der Waals surface area contributed by atoms with Gasteiger partial charge in [-0.05, 0) is 43.2 Å². The van der Waals surface area contributed by atoms with Gasteiger partial charge in [-0.25, -0.2) is 14.8 Å². The lowest BCUT2D eigenvalue weighted by atomic mass is 9.99. The lowest BCUT2D eigenvalue weighted by Gasteiger charge is -2.45. The predicted octanol–water partition coefficient (Wildman–Crippen LogP) is 4.59. The molecule has 0 aliphatic carbocycles. The van der Waals surface area contributed by atoms with Gasteiger partial charge in [0.05, 0.1) is 30.1 Å². The van der Waals surface area contributed by atoms with Crippen LogP contribution in [0.3, 0.4) is 0 Å². The van der Waals surface area contributed by atoms with Crippen LogP contribution in [0.2, 0.25) is 0 Å².